The Morgan fingerprint density at radius 1 is 1.14 bits per heavy atom. The van der Waals surface area contributed by atoms with Crippen molar-refractivity contribution in [3.05, 3.63) is 71.2 Å². The summed E-state index contributed by atoms with van der Waals surface area (Å²) in [4.78, 5) is 36.6. The highest BCUT2D eigenvalue weighted by molar-refractivity contribution is 6.22. The van der Waals surface area contributed by atoms with Gasteiger partial charge in [-0.05, 0) is 61.1 Å². The lowest BCUT2D eigenvalue weighted by molar-refractivity contribution is -0.114. The Labute approximate surface area is 203 Å². The van der Waals surface area contributed by atoms with Crippen molar-refractivity contribution in [3.8, 4) is 0 Å². The van der Waals surface area contributed by atoms with Gasteiger partial charge in [0.05, 0.1) is 11.3 Å². The molecule has 1 fully saturated rings. The number of allylic oxidation sites excluding steroid dienone is 1. The van der Waals surface area contributed by atoms with Gasteiger partial charge in [0.15, 0.2) is 17.4 Å². The Kier molecular flexibility index (Phi) is 6.03. The van der Waals surface area contributed by atoms with Crippen molar-refractivity contribution in [1.82, 2.24) is 14.9 Å². The molecule has 1 aliphatic heterocycles. The van der Waals surface area contributed by atoms with Crippen LogP contribution in [0.3, 0.4) is 0 Å². The monoisotopic (exact) mass is 477 g/mol. The number of H-pyrrole nitrogens is 1. The largest absolute Gasteiger partial charge is 0.339 e. The van der Waals surface area contributed by atoms with Crippen LogP contribution in [0.1, 0.15) is 74.0 Å². The van der Waals surface area contributed by atoms with Crippen LogP contribution in [0.25, 0.3) is 16.6 Å². The number of rotatable bonds is 5. The van der Waals surface area contributed by atoms with Crippen molar-refractivity contribution in [2.24, 2.45) is 5.92 Å². The van der Waals surface area contributed by atoms with Crippen molar-refractivity contribution in [3.63, 3.8) is 0 Å². The minimum atomic E-state index is -1.07. The minimum absolute atomic E-state index is 0.0513. The number of pyridine rings is 1. The lowest BCUT2D eigenvalue weighted by Gasteiger charge is -2.33. The highest BCUT2D eigenvalue weighted by Gasteiger charge is 2.44. The van der Waals surface area contributed by atoms with Crippen LogP contribution in [-0.2, 0) is 10.2 Å². The summed E-state index contributed by atoms with van der Waals surface area (Å²) in [5, 5.41) is 0.967. The van der Waals surface area contributed by atoms with Crippen LogP contribution < -0.4 is 0 Å². The molecule has 0 saturated heterocycles. The molecule has 5 rings (SSSR count). The average molecular weight is 478 g/mol. The van der Waals surface area contributed by atoms with E-state index in [1.54, 1.807) is 12.4 Å². The van der Waals surface area contributed by atoms with Crippen LogP contribution in [0.5, 0.6) is 0 Å². The summed E-state index contributed by atoms with van der Waals surface area (Å²) in [7, 11) is 0. The van der Waals surface area contributed by atoms with Crippen LogP contribution in [-0.4, -0.2) is 33.1 Å². The zero-order valence-corrected chi connectivity index (χ0v) is 20.0. The third-order valence-electron chi connectivity index (χ3n) is 7.37. The average Bonchev–Trinajstić information content (AvgIpc) is 3.43. The van der Waals surface area contributed by atoms with Gasteiger partial charge < -0.3 is 9.88 Å². The molecule has 2 aromatic heterocycles. The molecule has 0 bridgehead atoms. The number of carbonyl (C=O) groups excluding carboxylic acids is 2. The zero-order chi connectivity index (χ0) is 24.7. The predicted octanol–water partition coefficient (Wildman–Crippen LogP) is 6.16. The first-order valence-corrected chi connectivity index (χ1v) is 12.3. The molecule has 7 heteroatoms. The highest BCUT2D eigenvalue weighted by atomic mass is 19.2. The first-order valence-electron chi connectivity index (χ1n) is 12.3. The fourth-order valence-corrected chi connectivity index (χ4v) is 5.60. The van der Waals surface area contributed by atoms with E-state index in [4.69, 9.17) is 0 Å². The zero-order valence-electron chi connectivity index (χ0n) is 20.0. The molecule has 0 unspecified atom stereocenters. The fraction of sp³-hybridized carbons (Fsp3) is 0.393. The number of hydrogen-bond acceptors (Lipinski definition) is 3. The van der Waals surface area contributed by atoms with Gasteiger partial charge in [0, 0.05) is 41.7 Å². The molecule has 182 valence electrons. The summed E-state index contributed by atoms with van der Waals surface area (Å²) in [6.07, 6.45) is 8.18. The molecular formula is C28H29F2N3O2. The van der Waals surface area contributed by atoms with E-state index in [2.05, 4.69) is 23.8 Å². The Hall–Kier alpha value is -3.35. The predicted molar refractivity (Wildman–Crippen MR) is 131 cm³/mol. The van der Waals surface area contributed by atoms with Gasteiger partial charge in [0.25, 0.3) is 5.91 Å². The van der Waals surface area contributed by atoms with Crippen LogP contribution in [0.4, 0.5) is 8.78 Å². The number of ketones is 1. The Bertz CT molecular complexity index is 1340. The third kappa shape index (κ3) is 4.17. The molecule has 1 aliphatic carbocycles. The number of aromatic nitrogens is 2. The van der Waals surface area contributed by atoms with Crippen LogP contribution >= 0.6 is 0 Å². The quantitative estimate of drug-likeness (QED) is 0.479. The second-order valence-electron chi connectivity index (χ2n) is 10.2. The number of fused-ring (bicyclic) bond motifs is 4. The summed E-state index contributed by atoms with van der Waals surface area (Å²) in [5.74, 6) is -2.21. The number of benzene rings is 1. The second kappa shape index (κ2) is 9.02. The minimum Gasteiger partial charge on any atom is -0.339 e. The summed E-state index contributed by atoms with van der Waals surface area (Å²) in [6, 6.07) is 7.08. The molecule has 0 radical (unpaired) electrons. The number of halogens is 2. The van der Waals surface area contributed by atoms with Gasteiger partial charge in [0.2, 0.25) is 0 Å². The second-order valence-corrected chi connectivity index (χ2v) is 10.2. The summed E-state index contributed by atoms with van der Waals surface area (Å²) >= 11 is 0. The highest BCUT2D eigenvalue weighted by Crippen LogP contribution is 2.49. The third-order valence-corrected chi connectivity index (χ3v) is 7.37. The Balaban J connectivity index is 1.68. The molecule has 1 N–H and O–H groups in total. The van der Waals surface area contributed by atoms with E-state index in [1.165, 1.54) is 11.0 Å². The molecule has 0 atom stereocenters. The van der Waals surface area contributed by atoms with Crippen LogP contribution in [0.15, 0.2) is 42.7 Å². The SMILES string of the molecule is CC(C)CCC(=O)C1=CN(C(=O)c2ccc(F)c(F)c2)CC2(CCCC2)c2c1[nH]c1ncccc21. The Morgan fingerprint density at radius 3 is 2.63 bits per heavy atom. The standard InChI is InChI=1S/C28H29F2N3O2/c1-17(2)7-10-23(34)20-15-33(27(35)18-8-9-21(29)22(30)14-18)16-28(11-3-4-12-28)24-19-6-5-13-31-26(19)32-25(20)24/h5-6,8-9,13-15,17H,3-4,7,10-12,16H2,1-2H3,(H,31,32). The van der Waals surface area contributed by atoms with E-state index in [-0.39, 0.29) is 16.8 Å². The number of amides is 1. The molecule has 3 heterocycles. The van der Waals surface area contributed by atoms with E-state index in [0.29, 0.717) is 24.5 Å². The van der Waals surface area contributed by atoms with Crippen molar-refractivity contribution < 1.29 is 18.4 Å². The molecule has 3 aromatic rings. The van der Waals surface area contributed by atoms with E-state index in [0.717, 1.165) is 66.5 Å². The number of hydrogen-bond donors (Lipinski definition) is 1. The van der Waals surface area contributed by atoms with Crippen molar-refractivity contribution in [1.29, 1.82) is 0 Å². The van der Waals surface area contributed by atoms with Gasteiger partial charge in [-0.2, -0.15) is 0 Å². The smallest absolute Gasteiger partial charge is 0.257 e. The first kappa shape index (κ1) is 23.4. The molecular weight excluding hydrogens is 448 g/mol. The molecule has 5 nitrogen and oxygen atoms in total. The van der Waals surface area contributed by atoms with Gasteiger partial charge in [-0.25, -0.2) is 13.8 Å². The molecule has 1 saturated carbocycles. The normalized spacial score (nSPS) is 17.1. The number of nitrogens with zero attached hydrogens (tertiary/aromatic N) is 2. The van der Waals surface area contributed by atoms with Gasteiger partial charge in [-0.3, -0.25) is 9.59 Å². The van der Waals surface area contributed by atoms with Gasteiger partial charge in [0.1, 0.15) is 5.65 Å². The summed E-state index contributed by atoms with van der Waals surface area (Å²) in [6.45, 7) is 4.50. The topological polar surface area (TPSA) is 66.1 Å². The van der Waals surface area contributed by atoms with E-state index in [1.807, 2.05) is 12.1 Å². The van der Waals surface area contributed by atoms with Crippen molar-refractivity contribution >= 4 is 28.3 Å². The molecule has 35 heavy (non-hydrogen) atoms. The molecule has 1 aromatic carbocycles. The maximum absolute atomic E-state index is 14.0. The van der Waals surface area contributed by atoms with Crippen molar-refractivity contribution in [2.75, 3.05) is 6.54 Å². The molecule has 2 aliphatic rings. The first-order chi connectivity index (χ1) is 16.8. The van der Waals surface area contributed by atoms with Crippen LogP contribution in [0, 0.1) is 17.6 Å². The van der Waals surface area contributed by atoms with Crippen molar-refractivity contribution in [2.45, 2.75) is 57.8 Å². The van der Waals surface area contributed by atoms with Gasteiger partial charge in [-0.15, -0.1) is 0 Å². The number of carbonyl (C=O) groups is 2. The van der Waals surface area contributed by atoms with Gasteiger partial charge >= 0.3 is 0 Å². The fourth-order valence-electron chi connectivity index (χ4n) is 5.60. The number of aromatic amines is 1. The molecule has 1 amide bonds. The molecule has 1 spiro atoms. The summed E-state index contributed by atoms with van der Waals surface area (Å²) in [5.41, 5.74) is 2.64. The van der Waals surface area contributed by atoms with E-state index in [9.17, 15) is 18.4 Å². The lowest BCUT2D eigenvalue weighted by atomic mass is 9.76. The Morgan fingerprint density at radius 2 is 1.91 bits per heavy atom. The number of nitrogens with one attached hydrogen (secondary N) is 1. The maximum atomic E-state index is 14.0. The van der Waals surface area contributed by atoms with Crippen LogP contribution in [0.2, 0.25) is 0 Å². The van der Waals surface area contributed by atoms with E-state index < -0.39 is 17.5 Å². The lowest BCUT2D eigenvalue weighted by Crippen LogP contribution is -2.39. The van der Waals surface area contributed by atoms with Gasteiger partial charge in [-0.1, -0.05) is 26.7 Å². The maximum Gasteiger partial charge on any atom is 0.257 e. The summed E-state index contributed by atoms with van der Waals surface area (Å²) < 4.78 is 27.5. The van der Waals surface area contributed by atoms with E-state index >= 15 is 0 Å². The number of Topliss-reactive ketones (excluding diaryl/α,β-unsaturated/α-hetero) is 1.